The highest BCUT2D eigenvalue weighted by molar-refractivity contribution is 5.67. The molecule has 1 aromatic heterocycles. The topological polar surface area (TPSA) is 58.3 Å². The number of nitrogens with zero attached hydrogens (tertiary/aromatic N) is 2. The summed E-state index contributed by atoms with van der Waals surface area (Å²) in [7, 11) is 0. The summed E-state index contributed by atoms with van der Waals surface area (Å²) in [5.74, 6) is 0.663. The summed E-state index contributed by atoms with van der Waals surface area (Å²) in [6.07, 6.45) is 3.52. The average Bonchev–Trinajstić information content (AvgIpc) is 2.88. The maximum Gasteiger partial charge on any atom is 0.148 e. The van der Waals surface area contributed by atoms with E-state index in [0.29, 0.717) is 11.4 Å². The van der Waals surface area contributed by atoms with E-state index in [2.05, 4.69) is 4.98 Å². The van der Waals surface area contributed by atoms with E-state index in [1.807, 2.05) is 42.0 Å². The maximum absolute atomic E-state index is 9.97. The second-order valence-corrected chi connectivity index (χ2v) is 4.66. The Labute approximate surface area is 116 Å². The first-order chi connectivity index (χ1) is 9.65. The number of phenolic OH excluding ortho intramolecular Hbond substituents is 2. The van der Waals surface area contributed by atoms with Gasteiger partial charge in [0.2, 0.25) is 0 Å². The van der Waals surface area contributed by atoms with E-state index in [4.69, 9.17) is 0 Å². The number of rotatable bonds is 2. The molecule has 4 heteroatoms. The molecule has 3 rings (SSSR count). The Morgan fingerprint density at radius 3 is 2.45 bits per heavy atom. The van der Waals surface area contributed by atoms with Crippen LogP contribution in [0, 0.1) is 6.92 Å². The molecule has 3 aromatic rings. The molecule has 0 amide bonds. The number of imidazole rings is 1. The minimum atomic E-state index is 0.00422. The Hall–Kier alpha value is -2.75. The van der Waals surface area contributed by atoms with Crippen LogP contribution >= 0.6 is 0 Å². The average molecular weight is 266 g/mol. The molecule has 4 nitrogen and oxygen atoms in total. The van der Waals surface area contributed by atoms with Gasteiger partial charge in [-0.1, -0.05) is 17.7 Å². The first-order valence-corrected chi connectivity index (χ1v) is 6.28. The van der Waals surface area contributed by atoms with E-state index in [1.54, 1.807) is 12.3 Å². The van der Waals surface area contributed by atoms with Crippen molar-refractivity contribution in [2.75, 3.05) is 0 Å². The lowest BCUT2D eigenvalue weighted by Gasteiger charge is -2.09. The van der Waals surface area contributed by atoms with Gasteiger partial charge in [-0.15, -0.1) is 0 Å². The van der Waals surface area contributed by atoms with Crippen LogP contribution in [0.15, 0.2) is 54.9 Å². The molecule has 0 fully saturated rings. The van der Waals surface area contributed by atoms with Crippen LogP contribution in [0.1, 0.15) is 5.56 Å². The molecular formula is C16H14N2O2. The summed E-state index contributed by atoms with van der Waals surface area (Å²) < 4.78 is 1.89. The van der Waals surface area contributed by atoms with Gasteiger partial charge < -0.3 is 10.2 Å². The quantitative estimate of drug-likeness (QED) is 0.748. The van der Waals surface area contributed by atoms with E-state index >= 15 is 0 Å². The van der Waals surface area contributed by atoms with Crippen molar-refractivity contribution in [3.05, 3.63) is 60.4 Å². The number of phenols is 2. The van der Waals surface area contributed by atoms with Gasteiger partial charge >= 0.3 is 0 Å². The van der Waals surface area contributed by atoms with Crippen molar-refractivity contribution in [2.45, 2.75) is 6.92 Å². The molecule has 2 aromatic carbocycles. The molecule has 0 atom stereocenters. The van der Waals surface area contributed by atoms with Crippen molar-refractivity contribution in [1.82, 2.24) is 9.55 Å². The van der Waals surface area contributed by atoms with Crippen molar-refractivity contribution in [1.29, 1.82) is 0 Å². The van der Waals surface area contributed by atoms with Crippen LogP contribution in [0.2, 0.25) is 0 Å². The molecule has 0 aliphatic rings. The lowest BCUT2D eigenvalue weighted by Crippen LogP contribution is -1.96. The van der Waals surface area contributed by atoms with E-state index < -0.39 is 0 Å². The van der Waals surface area contributed by atoms with Crippen molar-refractivity contribution in [3.63, 3.8) is 0 Å². The fourth-order valence-electron chi connectivity index (χ4n) is 2.13. The molecule has 0 bridgehead atoms. The van der Waals surface area contributed by atoms with Crippen LogP contribution in [-0.4, -0.2) is 19.8 Å². The number of aryl methyl sites for hydroxylation is 1. The highest BCUT2D eigenvalue weighted by atomic mass is 16.3. The van der Waals surface area contributed by atoms with E-state index in [1.165, 1.54) is 17.7 Å². The summed E-state index contributed by atoms with van der Waals surface area (Å²) in [5.41, 5.74) is 2.73. The highest BCUT2D eigenvalue weighted by Gasteiger charge is 2.12. The normalized spacial score (nSPS) is 10.7. The molecule has 0 unspecified atom stereocenters. The van der Waals surface area contributed by atoms with Gasteiger partial charge in [-0.25, -0.2) is 4.98 Å². The number of benzene rings is 2. The van der Waals surface area contributed by atoms with Gasteiger partial charge in [0.15, 0.2) is 0 Å². The molecule has 2 N–H and O–H groups in total. The van der Waals surface area contributed by atoms with E-state index in [9.17, 15) is 10.2 Å². The van der Waals surface area contributed by atoms with Gasteiger partial charge in [0, 0.05) is 24.1 Å². The summed E-state index contributed by atoms with van der Waals surface area (Å²) in [5, 5.41) is 19.3. The molecule has 0 aliphatic heterocycles. The predicted octanol–water partition coefficient (Wildman–Crippen LogP) is 3.26. The zero-order valence-electron chi connectivity index (χ0n) is 11.0. The maximum atomic E-state index is 9.97. The standard InChI is InChI=1S/C16H14N2O2/c1-11-2-4-12(5-3-11)18-9-8-17-16(18)14-7-6-13(19)10-15(14)20/h2-10,19-20H,1H3. The van der Waals surface area contributed by atoms with Crippen molar-refractivity contribution in [3.8, 4) is 28.6 Å². The number of hydrogen-bond donors (Lipinski definition) is 2. The molecule has 0 spiro atoms. The van der Waals surface area contributed by atoms with Crippen LogP contribution in [0.3, 0.4) is 0 Å². The molecule has 0 saturated heterocycles. The second kappa shape index (κ2) is 4.74. The van der Waals surface area contributed by atoms with Crippen LogP contribution in [0.5, 0.6) is 11.5 Å². The zero-order chi connectivity index (χ0) is 14.1. The van der Waals surface area contributed by atoms with Crippen molar-refractivity contribution < 1.29 is 10.2 Å². The predicted molar refractivity (Wildman–Crippen MR) is 77.1 cm³/mol. The van der Waals surface area contributed by atoms with Crippen molar-refractivity contribution >= 4 is 0 Å². The van der Waals surface area contributed by atoms with Crippen LogP contribution in [-0.2, 0) is 0 Å². The minimum Gasteiger partial charge on any atom is -0.508 e. The molecule has 0 saturated carbocycles. The van der Waals surface area contributed by atoms with Gasteiger partial charge in [-0.2, -0.15) is 0 Å². The SMILES string of the molecule is Cc1ccc(-n2ccnc2-c2ccc(O)cc2O)cc1. The van der Waals surface area contributed by atoms with Gasteiger partial charge in [0.05, 0.1) is 5.56 Å². The third-order valence-electron chi connectivity index (χ3n) is 3.18. The Bertz CT molecular complexity index is 745. The lowest BCUT2D eigenvalue weighted by atomic mass is 10.1. The van der Waals surface area contributed by atoms with Gasteiger partial charge in [0.25, 0.3) is 0 Å². The molecule has 20 heavy (non-hydrogen) atoms. The highest BCUT2D eigenvalue weighted by Crippen LogP contribution is 2.32. The largest absolute Gasteiger partial charge is 0.508 e. The molecule has 100 valence electrons. The van der Waals surface area contributed by atoms with Gasteiger partial charge in [0.1, 0.15) is 17.3 Å². The summed E-state index contributed by atoms with van der Waals surface area (Å²) in [6, 6.07) is 12.5. The fourth-order valence-corrected chi connectivity index (χ4v) is 2.13. The van der Waals surface area contributed by atoms with Crippen LogP contribution in [0.25, 0.3) is 17.1 Å². The number of aromatic nitrogens is 2. The smallest absolute Gasteiger partial charge is 0.148 e. The Morgan fingerprint density at radius 2 is 1.75 bits per heavy atom. The molecular weight excluding hydrogens is 252 g/mol. The summed E-state index contributed by atoms with van der Waals surface area (Å²) in [4.78, 5) is 4.30. The van der Waals surface area contributed by atoms with E-state index in [-0.39, 0.29) is 11.5 Å². The first kappa shape index (κ1) is 12.3. The van der Waals surface area contributed by atoms with Crippen LogP contribution in [0.4, 0.5) is 0 Å². The fraction of sp³-hybridized carbons (Fsp3) is 0.0625. The number of hydrogen-bond acceptors (Lipinski definition) is 3. The lowest BCUT2D eigenvalue weighted by molar-refractivity contribution is 0.451. The van der Waals surface area contributed by atoms with Crippen molar-refractivity contribution in [2.24, 2.45) is 0 Å². The van der Waals surface area contributed by atoms with Gasteiger partial charge in [-0.05, 0) is 31.2 Å². The second-order valence-electron chi connectivity index (χ2n) is 4.66. The summed E-state index contributed by atoms with van der Waals surface area (Å²) >= 11 is 0. The summed E-state index contributed by atoms with van der Waals surface area (Å²) in [6.45, 7) is 2.03. The third-order valence-corrected chi connectivity index (χ3v) is 3.18. The molecule has 0 aliphatic carbocycles. The number of aromatic hydroxyl groups is 2. The Kier molecular flexibility index (Phi) is 2.91. The Morgan fingerprint density at radius 1 is 1.00 bits per heavy atom. The van der Waals surface area contributed by atoms with E-state index in [0.717, 1.165) is 5.69 Å². The van der Waals surface area contributed by atoms with Gasteiger partial charge in [-0.3, -0.25) is 4.57 Å². The third kappa shape index (κ3) is 2.12. The first-order valence-electron chi connectivity index (χ1n) is 6.28. The zero-order valence-corrected chi connectivity index (χ0v) is 11.0. The monoisotopic (exact) mass is 266 g/mol. The molecule has 0 radical (unpaired) electrons. The Balaban J connectivity index is 2.12. The molecule has 1 heterocycles. The van der Waals surface area contributed by atoms with Crippen LogP contribution < -0.4 is 0 Å². The minimum absolute atomic E-state index is 0.00422.